The van der Waals surface area contributed by atoms with Gasteiger partial charge in [0.2, 0.25) is 0 Å². The molecule has 0 aliphatic rings. The van der Waals surface area contributed by atoms with Gasteiger partial charge in [0.15, 0.2) is 5.78 Å². The maximum absolute atomic E-state index is 13.4. The van der Waals surface area contributed by atoms with Gasteiger partial charge in [-0.1, -0.05) is 49.0 Å². The van der Waals surface area contributed by atoms with Gasteiger partial charge in [0.1, 0.15) is 17.2 Å². The van der Waals surface area contributed by atoms with Crippen molar-refractivity contribution in [2.24, 2.45) is 0 Å². The lowest BCUT2D eigenvalue weighted by Gasteiger charge is -2.29. The standard InChI is InChI=1S/C29H31NO5/c1-20(2)34-27-15-25(16-28(17-27)35-22(4)31)29(33)19-30(18-24-8-6-5-7-9-24)21(3)14-23-10-12-26(32)13-11-23/h5-13,15-17,21,32H,1,14,18-19H2,2-4H3. The van der Waals surface area contributed by atoms with Crippen LogP contribution in [0.3, 0.4) is 0 Å². The number of carbonyl (C=O) groups excluding carboxylic acids is 2. The summed E-state index contributed by atoms with van der Waals surface area (Å²) in [6.07, 6.45) is 0.706. The third-order valence-electron chi connectivity index (χ3n) is 5.42. The third kappa shape index (κ3) is 8.12. The number of aromatic hydroxyl groups is 1. The summed E-state index contributed by atoms with van der Waals surface area (Å²) in [5.41, 5.74) is 2.54. The van der Waals surface area contributed by atoms with Gasteiger partial charge in [0.05, 0.1) is 12.3 Å². The highest BCUT2D eigenvalue weighted by atomic mass is 16.5. The largest absolute Gasteiger partial charge is 0.508 e. The summed E-state index contributed by atoms with van der Waals surface area (Å²) in [6.45, 7) is 9.57. The molecule has 0 saturated heterocycles. The van der Waals surface area contributed by atoms with Gasteiger partial charge in [-0.3, -0.25) is 14.5 Å². The van der Waals surface area contributed by atoms with E-state index in [1.165, 1.54) is 6.92 Å². The second-order valence-corrected chi connectivity index (χ2v) is 8.62. The first-order valence-electron chi connectivity index (χ1n) is 11.5. The van der Waals surface area contributed by atoms with Crippen molar-refractivity contribution in [2.75, 3.05) is 6.54 Å². The molecule has 0 heterocycles. The lowest BCUT2D eigenvalue weighted by atomic mass is 10.0. The van der Waals surface area contributed by atoms with Gasteiger partial charge in [0, 0.05) is 31.1 Å². The van der Waals surface area contributed by atoms with Crippen molar-refractivity contribution in [3.8, 4) is 17.2 Å². The van der Waals surface area contributed by atoms with Gasteiger partial charge in [-0.05, 0) is 55.7 Å². The van der Waals surface area contributed by atoms with E-state index < -0.39 is 5.97 Å². The predicted octanol–water partition coefficient (Wildman–Crippen LogP) is 5.55. The fourth-order valence-electron chi connectivity index (χ4n) is 3.78. The summed E-state index contributed by atoms with van der Waals surface area (Å²) in [5.74, 6) is 0.690. The normalized spacial score (nSPS) is 11.7. The summed E-state index contributed by atoms with van der Waals surface area (Å²) in [6, 6.07) is 21.9. The van der Waals surface area contributed by atoms with Gasteiger partial charge in [-0.15, -0.1) is 0 Å². The number of esters is 1. The van der Waals surface area contributed by atoms with E-state index in [-0.39, 0.29) is 29.9 Å². The molecular formula is C29H31NO5. The molecule has 3 aromatic carbocycles. The average Bonchev–Trinajstić information content (AvgIpc) is 2.79. The van der Waals surface area contributed by atoms with Crippen molar-refractivity contribution in [3.63, 3.8) is 0 Å². The molecule has 0 radical (unpaired) electrons. The Kier molecular flexibility index (Phi) is 8.81. The van der Waals surface area contributed by atoms with Crippen molar-refractivity contribution < 1.29 is 24.2 Å². The highest BCUT2D eigenvalue weighted by Crippen LogP contribution is 2.26. The Hall–Kier alpha value is -3.90. The molecule has 6 heteroatoms. The lowest BCUT2D eigenvalue weighted by Crippen LogP contribution is -2.38. The topological polar surface area (TPSA) is 76.1 Å². The Morgan fingerprint density at radius 2 is 1.54 bits per heavy atom. The molecule has 35 heavy (non-hydrogen) atoms. The van der Waals surface area contributed by atoms with Crippen LogP contribution in [0.4, 0.5) is 0 Å². The van der Waals surface area contributed by atoms with Crippen LogP contribution >= 0.6 is 0 Å². The molecule has 1 N–H and O–H groups in total. The zero-order chi connectivity index (χ0) is 25.4. The van der Waals surface area contributed by atoms with E-state index in [4.69, 9.17) is 9.47 Å². The number of allylic oxidation sites excluding steroid dienone is 1. The molecule has 3 rings (SSSR count). The molecule has 0 spiro atoms. The van der Waals surface area contributed by atoms with Crippen LogP contribution in [0, 0.1) is 0 Å². The van der Waals surface area contributed by atoms with Gasteiger partial charge in [0.25, 0.3) is 0 Å². The fraction of sp³-hybridized carbons (Fsp3) is 0.241. The number of hydrogen-bond acceptors (Lipinski definition) is 6. The Bertz CT molecular complexity index is 1140. The van der Waals surface area contributed by atoms with Gasteiger partial charge in [-0.2, -0.15) is 0 Å². The van der Waals surface area contributed by atoms with Crippen LogP contribution in [0.15, 0.2) is 85.1 Å². The summed E-state index contributed by atoms with van der Waals surface area (Å²) in [7, 11) is 0. The molecule has 0 amide bonds. The number of benzene rings is 3. The molecule has 182 valence electrons. The zero-order valence-corrected chi connectivity index (χ0v) is 20.4. The number of phenols is 1. The Morgan fingerprint density at radius 3 is 2.14 bits per heavy atom. The number of rotatable bonds is 11. The van der Waals surface area contributed by atoms with Crippen molar-refractivity contribution in [1.82, 2.24) is 4.90 Å². The number of hydrogen-bond donors (Lipinski definition) is 1. The van der Waals surface area contributed by atoms with Crippen LogP contribution < -0.4 is 9.47 Å². The quantitative estimate of drug-likeness (QED) is 0.170. The zero-order valence-electron chi connectivity index (χ0n) is 20.4. The molecular weight excluding hydrogens is 442 g/mol. The van der Waals surface area contributed by atoms with Crippen LogP contribution in [-0.4, -0.2) is 34.3 Å². The number of nitrogens with zero attached hydrogens (tertiary/aromatic N) is 1. The van der Waals surface area contributed by atoms with Crippen LogP contribution in [0.2, 0.25) is 0 Å². The van der Waals surface area contributed by atoms with E-state index in [2.05, 4.69) is 18.4 Å². The molecule has 3 aromatic rings. The number of phenolic OH excluding ortho intramolecular Hbond substituents is 1. The van der Waals surface area contributed by atoms with E-state index >= 15 is 0 Å². The Labute approximate surface area is 206 Å². The average molecular weight is 474 g/mol. The minimum absolute atomic E-state index is 0.0338. The maximum Gasteiger partial charge on any atom is 0.308 e. The first-order chi connectivity index (χ1) is 16.7. The molecule has 0 aliphatic carbocycles. The third-order valence-corrected chi connectivity index (χ3v) is 5.42. The summed E-state index contributed by atoms with van der Waals surface area (Å²) in [5, 5.41) is 9.59. The van der Waals surface area contributed by atoms with Gasteiger partial charge in [-0.25, -0.2) is 0 Å². The highest BCUT2D eigenvalue weighted by molar-refractivity contribution is 5.98. The molecule has 0 bridgehead atoms. The number of carbonyl (C=O) groups is 2. The van der Waals surface area contributed by atoms with Crippen LogP contribution in [0.25, 0.3) is 0 Å². The maximum atomic E-state index is 13.4. The monoisotopic (exact) mass is 473 g/mol. The van der Waals surface area contributed by atoms with Crippen molar-refractivity contribution >= 4 is 11.8 Å². The van der Waals surface area contributed by atoms with E-state index in [1.54, 1.807) is 37.3 Å². The molecule has 1 unspecified atom stereocenters. The van der Waals surface area contributed by atoms with Crippen molar-refractivity contribution in [3.05, 3.63) is 102 Å². The summed E-state index contributed by atoms with van der Waals surface area (Å²) >= 11 is 0. The highest BCUT2D eigenvalue weighted by Gasteiger charge is 2.21. The van der Waals surface area contributed by atoms with E-state index in [0.717, 1.165) is 11.1 Å². The van der Waals surface area contributed by atoms with Crippen LogP contribution in [-0.2, 0) is 17.8 Å². The molecule has 0 fully saturated rings. The molecule has 0 aromatic heterocycles. The molecule has 0 aliphatic heterocycles. The first-order valence-corrected chi connectivity index (χ1v) is 11.5. The molecule has 0 saturated carbocycles. The van der Waals surface area contributed by atoms with Crippen molar-refractivity contribution in [2.45, 2.75) is 39.8 Å². The van der Waals surface area contributed by atoms with Crippen LogP contribution in [0.5, 0.6) is 17.2 Å². The van der Waals surface area contributed by atoms with Gasteiger partial charge >= 0.3 is 5.97 Å². The van der Waals surface area contributed by atoms with E-state index in [0.29, 0.717) is 30.0 Å². The molecule has 6 nitrogen and oxygen atoms in total. The number of ketones is 1. The Morgan fingerprint density at radius 1 is 0.914 bits per heavy atom. The van der Waals surface area contributed by atoms with E-state index in [1.807, 2.05) is 42.5 Å². The van der Waals surface area contributed by atoms with Gasteiger partial charge < -0.3 is 14.6 Å². The second kappa shape index (κ2) is 12.0. The number of Topliss-reactive ketones (excluding diaryl/α,β-unsaturated/α-hetero) is 1. The minimum atomic E-state index is -0.482. The van der Waals surface area contributed by atoms with Crippen LogP contribution in [0.1, 0.15) is 42.3 Å². The Balaban J connectivity index is 1.86. The number of ether oxygens (including phenoxy) is 2. The molecule has 1 atom stereocenters. The SMILES string of the molecule is C=C(C)Oc1cc(OC(C)=O)cc(C(=O)CN(Cc2ccccc2)C(C)Cc2ccc(O)cc2)c1. The fourth-order valence-corrected chi connectivity index (χ4v) is 3.78. The first kappa shape index (κ1) is 25.7. The van der Waals surface area contributed by atoms with Crippen molar-refractivity contribution in [1.29, 1.82) is 0 Å². The summed E-state index contributed by atoms with van der Waals surface area (Å²) in [4.78, 5) is 27.0. The smallest absolute Gasteiger partial charge is 0.308 e. The second-order valence-electron chi connectivity index (χ2n) is 8.62. The minimum Gasteiger partial charge on any atom is -0.508 e. The predicted molar refractivity (Wildman–Crippen MR) is 136 cm³/mol. The summed E-state index contributed by atoms with van der Waals surface area (Å²) < 4.78 is 10.8. The lowest BCUT2D eigenvalue weighted by molar-refractivity contribution is -0.131. The van der Waals surface area contributed by atoms with E-state index in [9.17, 15) is 14.7 Å².